The van der Waals surface area contributed by atoms with E-state index in [-0.39, 0.29) is 0 Å². The zero-order valence-corrected chi connectivity index (χ0v) is 13.1. The monoisotopic (exact) mass is 323 g/mol. The fraction of sp³-hybridized carbons (Fsp3) is 0.600. The second-order valence-corrected chi connectivity index (χ2v) is 6.58. The van der Waals surface area contributed by atoms with Crippen LogP contribution in [-0.4, -0.2) is 37.1 Å². The summed E-state index contributed by atoms with van der Waals surface area (Å²) in [6.07, 6.45) is 3.98. The number of benzene rings is 1. The first kappa shape index (κ1) is 13.4. The van der Waals surface area contributed by atoms with Crippen molar-refractivity contribution in [2.75, 3.05) is 25.0 Å². The van der Waals surface area contributed by atoms with Gasteiger partial charge in [-0.15, -0.1) is 0 Å². The summed E-state index contributed by atoms with van der Waals surface area (Å²) in [6.45, 7) is 2.88. The molecule has 2 heterocycles. The Bertz CT molecular complexity index is 463. The Hall–Kier alpha value is -0.580. The lowest BCUT2D eigenvalue weighted by Crippen LogP contribution is -2.37. The molecule has 104 valence electrons. The fourth-order valence-electron chi connectivity index (χ4n) is 3.57. The van der Waals surface area contributed by atoms with Crippen molar-refractivity contribution < 1.29 is 0 Å². The van der Waals surface area contributed by atoms with Gasteiger partial charge in [0.1, 0.15) is 0 Å². The summed E-state index contributed by atoms with van der Waals surface area (Å²) in [5.41, 5.74) is 8.49. The fourth-order valence-corrected chi connectivity index (χ4v) is 4.09. The van der Waals surface area contributed by atoms with Crippen molar-refractivity contribution >= 4 is 21.6 Å². The van der Waals surface area contributed by atoms with Crippen LogP contribution in [-0.2, 0) is 6.54 Å². The lowest BCUT2D eigenvalue weighted by atomic mass is 10.1. The van der Waals surface area contributed by atoms with Crippen molar-refractivity contribution in [2.45, 2.75) is 37.9 Å². The summed E-state index contributed by atoms with van der Waals surface area (Å²) in [5, 5.41) is 0. The third kappa shape index (κ3) is 2.41. The van der Waals surface area contributed by atoms with E-state index in [1.54, 1.807) is 0 Å². The van der Waals surface area contributed by atoms with E-state index in [2.05, 4.69) is 51.0 Å². The number of rotatable bonds is 2. The van der Waals surface area contributed by atoms with Crippen LogP contribution in [0.25, 0.3) is 0 Å². The molecule has 0 saturated carbocycles. The van der Waals surface area contributed by atoms with Gasteiger partial charge in [-0.1, -0.05) is 22.0 Å². The van der Waals surface area contributed by atoms with Crippen LogP contribution in [0.4, 0.5) is 5.69 Å². The third-order valence-corrected chi connectivity index (χ3v) is 5.53. The molecule has 3 rings (SSSR count). The van der Waals surface area contributed by atoms with Crippen LogP contribution in [0.15, 0.2) is 22.7 Å². The first-order chi connectivity index (χ1) is 9.20. The SMILES string of the molecule is CN1C2CCC1CN(c1cccc(Br)c1CN)CC2. The topological polar surface area (TPSA) is 32.5 Å². The Labute approximate surface area is 123 Å². The number of nitrogens with two attached hydrogens (primary N) is 1. The highest BCUT2D eigenvalue weighted by atomic mass is 79.9. The van der Waals surface area contributed by atoms with Gasteiger partial charge in [-0.3, -0.25) is 4.90 Å². The van der Waals surface area contributed by atoms with Crippen LogP contribution in [0.2, 0.25) is 0 Å². The van der Waals surface area contributed by atoms with Crippen LogP contribution in [0.3, 0.4) is 0 Å². The van der Waals surface area contributed by atoms with Crippen LogP contribution < -0.4 is 10.6 Å². The van der Waals surface area contributed by atoms with Crippen LogP contribution in [0.1, 0.15) is 24.8 Å². The van der Waals surface area contributed by atoms with Gasteiger partial charge in [0, 0.05) is 47.4 Å². The molecule has 1 aromatic carbocycles. The Kier molecular flexibility index (Phi) is 3.83. The zero-order valence-electron chi connectivity index (χ0n) is 11.5. The molecule has 0 amide bonds. The first-order valence-electron chi connectivity index (χ1n) is 7.15. The minimum absolute atomic E-state index is 0.594. The largest absolute Gasteiger partial charge is 0.370 e. The Balaban J connectivity index is 1.89. The minimum Gasteiger partial charge on any atom is -0.370 e. The van der Waals surface area contributed by atoms with E-state index < -0.39 is 0 Å². The second-order valence-electron chi connectivity index (χ2n) is 5.73. The quantitative estimate of drug-likeness (QED) is 0.908. The molecule has 1 aromatic rings. The highest BCUT2D eigenvalue weighted by molar-refractivity contribution is 9.10. The van der Waals surface area contributed by atoms with Gasteiger partial charge in [-0.2, -0.15) is 0 Å². The van der Waals surface area contributed by atoms with Gasteiger partial charge in [-0.05, 0) is 38.4 Å². The van der Waals surface area contributed by atoms with Crippen molar-refractivity contribution in [1.29, 1.82) is 0 Å². The molecule has 3 nitrogen and oxygen atoms in total. The van der Waals surface area contributed by atoms with Crippen LogP contribution in [0.5, 0.6) is 0 Å². The highest BCUT2D eigenvalue weighted by Crippen LogP contribution is 2.33. The maximum atomic E-state index is 5.93. The standard InChI is InChI=1S/C15H22BrN3/c1-18-11-5-6-12(18)10-19(8-7-11)15-4-2-3-14(16)13(15)9-17/h2-4,11-12H,5-10,17H2,1H3. The minimum atomic E-state index is 0.594. The molecule has 19 heavy (non-hydrogen) atoms. The Morgan fingerprint density at radius 2 is 2.05 bits per heavy atom. The van der Waals surface area contributed by atoms with Gasteiger partial charge in [0.05, 0.1) is 0 Å². The molecule has 2 bridgehead atoms. The maximum Gasteiger partial charge on any atom is 0.0423 e. The van der Waals surface area contributed by atoms with E-state index in [4.69, 9.17) is 5.73 Å². The number of likely N-dealkylation sites (N-methyl/N-ethyl adjacent to an activating group) is 1. The molecule has 4 heteroatoms. The molecule has 2 unspecified atom stereocenters. The number of fused-ring (bicyclic) bond motifs is 2. The summed E-state index contributed by atoms with van der Waals surface area (Å²) in [7, 11) is 2.29. The molecule has 2 fully saturated rings. The molecule has 0 radical (unpaired) electrons. The van der Waals surface area contributed by atoms with Crippen molar-refractivity contribution in [3.05, 3.63) is 28.2 Å². The molecule has 2 atom stereocenters. The van der Waals surface area contributed by atoms with Crippen molar-refractivity contribution in [1.82, 2.24) is 4.90 Å². The number of halogens is 1. The van der Waals surface area contributed by atoms with Gasteiger partial charge < -0.3 is 10.6 Å². The van der Waals surface area contributed by atoms with E-state index in [0.29, 0.717) is 12.6 Å². The van der Waals surface area contributed by atoms with Crippen molar-refractivity contribution in [2.24, 2.45) is 5.73 Å². The average Bonchev–Trinajstić information content (AvgIpc) is 2.63. The summed E-state index contributed by atoms with van der Waals surface area (Å²) in [4.78, 5) is 5.12. The Morgan fingerprint density at radius 1 is 1.26 bits per heavy atom. The van der Waals surface area contributed by atoms with Gasteiger partial charge >= 0.3 is 0 Å². The smallest absolute Gasteiger partial charge is 0.0423 e. The molecular weight excluding hydrogens is 302 g/mol. The van der Waals surface area contributed by atoms with E-state index in [1.165, 1.54) is 30.5 Å². The van der Waals surface area contributed by atoms with Gasteiger partial charge in [0.2, 0.25) is 0 Å². The second kappa shape index (κ2) is 5.43. The number of hydrogen-bond donors (Lipinski definition) is 1. The van der Waals surface area contributed by atoms with Crippen molar-refractivity contribution in [3.63, 3.8) is 0 Å². The molecule has 2 N–H and O–H groups in total. The van der Waals surface area contributed by atoms with Gasteiger partial charge in [0.15, 0.2) is 0 Å². The third-order valence-electron chi connectivity index (χ3n) is 4.79. The lowest BCUT2D eigenvalue weighted by Gasteiger charge is -2.29. The van der Waals surface area contributed by atoms with E-state index in [0.717, 1.165) is 23.6 Å². The average molecular weight is 324 g/mol. The van der Waals surface area contributed by atoms with E-state index in [1.807, 2.05) is 0 Å². The van der Waals surface area contributed by atoms with Crippen LogP contribution >= 0.6 is 15.9 Å². The summed E-state index contributed by atoms with van der Waals surface area (Å²) < 4.78 is 1.13. The molecular formula is C15H22BrN3. The number of nitrogens with zero attached hydrogens (tertiary/aromatic N) is 2. The zero-order chi connectivity index (χ0) is 13.4. The first-order valence-corrected chi connectivity index (χ1v) is 7.94. The summed E-state index contributed by atoms with van der Waals surface area (Å²) >= 11 is 3.63. The molecule has 2 aliphatic heterocycles. The predicted molar refractivity (Wildman–Crippen MR) is 83.4 cm³/mol. The predicted octanol–water partition coefficient (Wildman–Crippen LogP) is 2.58. The van der Waals surface area contributed by atoms with Crippen molar-refractivity contribution in [3.8, 4) is 0 Å². The number of anilines is 1. The number of hydrogen-bond acceptors (Lipinski definition) is 3. The summed E-state index contributed by atoms with van der Waals surface area (Å²) in [5.74, 6) is 0. The van der Waals surface area contributed by atoms with E-state index >= 15 is 0 Å². The normalized spacial score (nSPS) is 27.6. The lowest BCUT2D eigenvalue weighted by molar-refractivity contribution is 0.254. The van der Waals surface area contributed by atoms with E-state index in [9.17, 15) is 0 Å². The van der Waals surface area contributed by atoms with Gasteiger partial charge in [0.25, 0.3) is 0 Å². The molecule has 2 saturated heterocycles. The van der Waals surface area contributed by atoms with Crippen LogP contribution in [0, 0.1) is 0 Å². The van der Waals surface area contributed by atoms with Gasteiger partial charge in [-0.25, -0.2) is 0 Å². The molecule has 0 aliphatic carbocycles. The molecule has 2 aliphatic rings. The molecule has 0 aromatic heterocycles. The maximum absolute atomic E-state index is 5.93. The molecule has 0 spiro atoms. The summed E-state index contributed by atoms with van der Waals surface area (Å²) in [6, 6.07) is 7.90. The Morgan fingerprint density at radius 3 is 2.84 bits per heavy atom. The highest BCUT2D eigenvalue weighted by Gasteiger charge is 2.35.